The molecule has 2 saturated heterocycles. The van der Waals surface area contributed by atoms with Crippen molar-refractivity contribution in [2.45, 2.75) is 76.3 Å². The number of hydrogen-bond acceptors (Lipinski definition) is 5. The molecule has 2 N–H and O–H groups in total. The molecule has 0 radical (unpaired) electrons. The van der Waals surface area contributed by atoms with Crippen LogP contribution in [0.3, 0.4) is 0 Å². The van der Waals surface area contributed by atoms with Gasteiger partial charge in [0.1, 0.15) is 5.82 Å². The number of nitrogens with zero attached hydrogens (tertiary/aromatic N) is 4. The summed E-state index contributed by atoms with van der Waals surface area (Å²) in [7, 11) is 1.73. The van der Waals surface area contributed by atoms with E-state index in [1.807, 2.05) is 15.9 Å². The first-order chi connectivity index (χ1) is 18.0. The number of piperidine rings is 1. The van der Waals surface area contributed by atoms with E-state index in [0.717, 1.165) is 62.1 Å². The standard InChI is InChI=1S/C29H43N5O3/c1-37-16-8-15-34-26-13-6-5-12-25(26)31-28(34)22-11-7-14-32(18-22)29(36)23-19-33(20-24(23)30)27(35)17-21-9-3-2-4-10-21/h5-6,12-13,21-24H,2-4,7-11,14-20,30H2,1H3/t22-,23-,24-/m1/s1. The van der Waals surface area contributed by atoms with Crippen LogP contribution in [0.4, 0.5) is 0 Å². The summed E-state index contributed by atoms with van der Waals surface area (Å²) >= 11 is 0. The van der Waals surface area contributed by atoms with Crippen molar-refractivity contribution in [3.63, 3.8) is 0 Å². The topological polar surface area (TPSA) is 93.7 Å². The summed E-state index contributed by atoms with van der Waals surface area (Å²) in [6.07, 6.45) is 9.54. The molecule has 0 spiro atoms. The molecule has 1 aliphatic carbocycles. The molecule has 202 valence electrons. The molecule has 0 unspecified atom stereocenters. The van der Waals surface area contributed by atoms with E-state index in [1.165, 1.54) is 19.3 Å². The van der Waals surface area contributed by atoms with Gasteiger partial charge in [0, 0.05) is 64.8 Å². The Bertz CT molecular complexity index is 1080. The quantitative estimate of drug-likeness (QED) is 0.550. The summed E-state index contributed by atoms with van der Waals surface area (Å²) in [6.45, 7) is 3.91. The molecule has 2 aliphatic heterocycles. The normalized spacial score (nSPS) is 25.2. The number of nitrogens with two attached hydrogens (primary N) is 1. The SMILES string of the molecule is COCCCn1c([C@@H]2CCCN(C(=O)[C@@H]3CN(C(=O)CC4CCCCC4)C[C@H]3N)C2)nc2ccccc21. The fourth-order valence-corrected chi connectivity index (χ4v) is 6.69. The number of imidazole rings is 1. The average molecular weight is 510 g/mol. The van der Waals surface area contributed by atoms with Crippen LogP contribution in [0.5, 0.6) is 0 Å². The number of ether oxygens (including phenoxy) is 1. The van der Waals surface area contributed by atoms with Gasteiger partial charge in [0.15, 0.2) is 0 Å². The van der Waals surface area contributed by atoms with Gasteiger partial charge in [0.25, 0.3) is 0 Å². The Morgan fingerprint density at radius 2 is 1.84 bits per heavy atom. The van der Waals surface area contributed by atoms with Crippen molar-refractivity contribution in [1.29, 1.82) is 0 Å². The van der Waals surface area contributed by atoms with E-state index in [0.29, 0.717) is 38.6 Å². The first-order valence-electron chi connectivity index (χ1n) is 14.3. The average Bonchev–Trinajstić information content (AvgIpc) is 3.50. The summed E-state index contributed by atoms with van der Waals surface area (Å²) in [5.41, 5.74) is 8.61. The van der Waals surface area contributed by atoms with Gasteiger partial charge in [-0.3, -0.25) is 9.59 Å². The van der Waals surface area contributed by atoms with Crippen molar-refractivity contribution in [3.8, 4) is 0 Å². The Labute approximate surface area is 220 Å². The van der Waals surface area contributed by atoms with E-state index < -0.39 is 0 Å². The van der Waals surface area contributed by atoms with E-state index in [2.05, 4.69) is 22.8 Å². The Balaban J connectivity index is 1.25. The highest BCUT2D eigenvalue weighted by molar-refractivity contribution is 5.83. The maximum Gasteiger partial charge on any atom is 0.229 e. The monoisotopic (exact) mass is 509 g/mol. The second-order valence-electron chi connectivity index (χ2n) is 11.4. The molecule has 1 aromatic heterocycles. The van der Waals surface area contributed by atoms with Gasteiger partial charge in [-0.25, -0.2) is 4.98 Å². The van der Waals surface area contributed by atoms with Crippen LogP contribution in [0.2, 0.25) is 0 Å². The highest BCUT2D eigenvalue weighted by Crippen LogP contribution is 2.32. The Kier molecular flexibility index (Phi) is 8.45. The van der Waals surface area contributed by atoms with E-state index in [-0.39, 0.29) is 29.7 Å². The minimum absolute atomic E-state index is 0.104. The van der Waals surface area contributed by atoms with Crippen molar-refractivity contribution in [3.05, 3.63) is 30.1 Å². The lowest BCUT2D eigenvalue weighted by molar-refractivity contribution is -0.137. The number of aryl methyl sites for hydroxylation is 1. The van der Waals surface area contributed by atoms with E-state index >= 15 is 0 Å². The Morgan fingerprint density at radius 1 is 1.03 bits per heavy atom. The molecule has 1 aromatic carbocycles. The first kappa shape index (κ1) is 26.2. The molecule has 2 aromatic rings. The van der Waals surface area contributed by atoms with E-state index in [1.54, 1.807) is 7.11 Å². The van der Waals surface area contributed by atoms with Gasteiger partial charge in [0.05, 0.1) is 17.0 Å². The third-order valence-corrected chi connectivity index (χ3v) is 8.74. The van der Waals surface area contributed by atoms with Gasteiger partial charge in [-0.15, -0.1) is 0 Å². The second-order valence-corrected chi connectivity index (χ2v) is 11.4. The van der Waals surface area contributed by atoms with Crippen molar-refractivity contribution in [2.75, 3.05) is 39.9 Å². The highest BCUT2D eigenvalue weighted by atomic mass is 16.5. The van der Waals surface area contributed by atoms with Crippen LogP contribution in [0.25, 0.3) is 11.0 Å². The Hall–Kier alpha value is -2.45. The number of carbonyl (C=O) groups excluding carboxylic acids is 2. The molecule has 3 fully saturated rings. The molecule has 3 heterocycles. The lowest BCUT2D eigenvalue weighted by atomic mass is 9.87. The summed E-state index contributed by atoms with van der Waals surface area (Å²) < 4.78 is 7.61. The molecule has 8 nitrogen and oxygen atoms in total. The van der Waals surface area contributed by atoms with Crippen LogP contribution in [0, 0.1) is 11.8 Å². The number of para-hydroxylation sites is 2. The number of hydrogen-bond donors (Lipinski definition) is 1. The molecule has 1 saturated carbocycles. The number of likely N-dealkylation sites (tertiary alicyclic amines) is 2. The molecule has 0 bridgehead atoms. The molecule has 3 aliphatic rings. The summed E-state index contributed by atoms with van der Waals surface area (Å²) in [6, 6.07) is 7.98. The smallest absolute Gasteiger partial charge is 0.229 e. The summed E-state index contributed by atoms with van der Waals surface area (Å²) in [5, 5.41) is 0. The van der Waals surface area contributed by atoms with Gasteiger partial charge in [-0.2, -0.15) is 0 Å². The van der Waals surface area contributed by atoms with Gasteiger partial charge in [0.2, 0.25) is 11.8 Å². The van der Waals surface area contributed by atoms with Crippen molar-refractivity contribution < 1.29 is 14.3 Å². The van der Waals surface area contributed by atoms with E-state index in [4.69, 9.17) is 15.5 Å². The second kappa shape index (κ2) is 11.9. The number of rotatable bonds is 8. The van der Waals surface area contributed by atoms with Crippen LogP contribution in [0.1, 0.15) is 69.5 Å². The molecule has 8 heteroatoms. The van der Waals surface area contributed by atoms with Crippen LogP contribution in [-0.2, 0) is 20.9 Å². The van der Waals surface area contributed by atoms with Gasteiger partial charge in [-0.1, -0.05) is 31.4 Å². The van der Waals surface area contributed by atoms with Crippen molar-refractivity contribution in [1.82, 2.24) is 19.4 Å². The van der Waals surface area contributed by atoms with Crippen LogP contribution >= 0.6 is 0 Å². The largest absolute Gasteiger partial charge is 0.385 e. The minimum atomic E-state index is -0.311. The maximum absolute atomic E-state index is 13.7. The summed E-state index contributed by atoms with van der Waals surface area (Å²) in [4.78, 5) is 35.5. The zero-order valence-corrected chi connectivity index (χ0v) is 22.3. The lowest BCUT2D eigenvalue weighted by Gasteiger charge is -2.35. The number of amides is 2. The van der Waals surface area contributed by atoms with Crippen molar-refractivity contribution in [2.24, 2.45) is 17.6 Å². The summed E-state index contributed by atoms with van der Waals surface area (Å²) in [5.74, 6) is 1.73. The number of methoxy groups -OCH3 is 1. The fourth-order valence-electron chi connectivity index (χ4n) is 6.69. The first-order valence-corrected chi connectivity index (χ1v) is 14.3. The molecule has 37 heavy (non-hydrogen) atoms. The minimum Gasteiger partial charge on any atom is -0.385 e. The molecular formula is C29H43N5O3. The number of benzene rings is 1. The van der Waals surface area contributed by atoms with E-state index in [9.17, 15) is 9.59 Å². The van der Waals surface area contributed by atoms with Crippen LogP contribution in [-0.4, -0.2) is 77.1 Å². The predicted octanol–water partition coefficient (Wildman–Crippen LogP) is 3.53. The van der Waals surface area contributed by atoms with Crippen LogP contribution in [0.15, 0.2) is 24.3 Å². The third kappa shape index (κ3) is 5.85. The third-order valence-electron chi connectivity index (χ3n) is 8.74. The number of fused-ring (bicyclic) bond motifs is 1. The lowest BCUT2D eigenvalue weighted by Crippen LogP contribution is -2.47. The van der Waals surface area contributed by atoms with Gasteiger partial charge in [-0.05, 0) is 50.2 Å². The highest BCUT2D eigenvalue weighted by Gasteiger charge is 2.41. The zero-order chi connectivity index (χ0) is 25.8. The maximum atomic E-state index is 13.7. The predicted molar refractivity (Wildman–Crippen MR) is 144 cm³/mol. The fraction of sp³-hybridized carbons (Fsp3) is 0.690. The molecular weight excluding hydrogens is 466 g/mol. The van der Waals surface area contributed by atoms with Gasteiger partial charge >= 0.3 is 0 Å². The Morgan fingerprint density at radius 3 is 2.65 bits per heavy atom. The van der Waals surface area contributed by atoms with Gasteiger partial charge < -0.3 is 24.8 Å². The molecule has 2 amide bonds. The number of aromatic nitrogens is 2. The van der Waals surface area contributed by atoms with Crippen LogP contribution < -0.4 is 5.73 Å². The number of carbonyl (C=O) groups is 2. The zero-order valence-electron chi connectivity index (χ0n) is 22.3. The van der Waals surface area contributed by atoms with Crippen molar-refractivity contribution >= 4 is 22.8 Å². The molecule has 3 atom stereocenters. The molecule has 5 rings (SSSR count).